The molecule has 10 heteroatoms. The zero-order valence-electron chi connectivity index (χ0n) is 17.2. The van der Waals surface area contributed by atoms with E-state index in [2.05, 4.69) is 5.32 Å². The Hall–Kier alpha value is -2.59. The zero-order valence-corrected chi connectivity index (χ0v) is 18.8. The van der Waals surface area contributed by atoms with E-state index in [0.717, 1.165) is 15.8 Å². The van der Waals surface area contributed by atoms with Gasteiger partial charge in [-0.3, -0.25) is 9.69 Å². The fourth-order valence-electron chi connectivity index (χ4n) is 2.90. The number of nitrogens with one attached hydrogen (secondary N) is 1. The minimum Gasteiger partial charge on any atom is -0.468 e. The molecule has 166 valence electrons. The van der Waals surface area contributed by atoms with Gasteiger partial charge >= 0.3 is 0 Å². The standard InChI is InChI=1S/C21H24ClN3O5S/c1-24(2)31(27,28)18-7-8-19(22)20(13-18)23-21(26)9-10-25(14-16-5-3-11-29-16)15-17-6-4-12-30-17/h3-8,11-13H,9-10,14-15H2,1-2H3,(H,23,26). The van der Waals surface area contributed by atoms with Gasteiger partial charge in [-0.2, -0.15) is 0 Å². The lowest BCUT2D eigenvalue weighted by Crippen LogP contribution is -2.27. The molecule has 31 heavy (non-hydrogen) atoms. The van der Waals surface area contributed by atoms with Crippen molar-refractivity contribution in [2.75, 3.05) is 26.0 Å². The maximum atomic E-state index is 12.6. The molecule has 0 bridgehead atoms. The van der Waals surface area contributed by atoms with Crippen LogP contribution in [0.1, 0.15) is 17.9 Å². The molecule has 3 aromatic rings. The molecule has 0 atom stereocenters. The van der Waals surface area contributed by atoms with Crippen LogP contribution in [0, 0.1) is 0 Å². The fraction of sp³-hybridized carbons (Fsp3) is 0.286. The van der Waals surface area contributed by atoms with Crippen LogP contribution in [-0.4, -0.2) is 44.2 Å². The Kier molecular flexibility index (Phi) is 7.55. The number of amides is 1. The van der Waals surface area contributed by atoms with Crippen molar-refractivity contribution in [2.45, 2.75) is 24.4 Å². The molecule has 1 aromatic carbocycles. The number of benzene rings is 1. The van der Waals surface area contributed by atoms with Gasteiger partial charge < -0.3 is 14.2 Å². The molecule has 0 saturated carbocycles. The highest BCUT2D eigenvalue weighted by molar-refractivity contribution is 7.89. The lowest BCUT2D eigenvalue weighted by Gasteiger charge is -2.20. The zero-order chi connectivity index (χ0) is 22.4. The average Bonchev–Trinajstić information content (AvgIpc) is 3.42. The maximum Gasteiger partial charge on any atom is 0.242 e. The lowest BCUT2D eigenvalue weighted by atomic mass is 10.2. The van der Waals surface area contributed by atoms with Crippen molar-refractivity contribution < 1.29 is 22.0 Å². The molecule has 0 unspecified atom stereocenters. The molecule has 3 rings (SSSR count). The predicted octanol–water partition coefficient (Wildman–Crippen LogP) is 3.81. The van der Waals surface area contributed by atoms with Crippen molar-refractivity contribution in [1.29, 1.82) is 0 Å². The van der Waals surface area contributed by atoms with Crippen molar-refractivity contribution in [3.8, 4) is 0 Å². The molecule has 0 spiro atoms. The van der Waals surface area contributed by atoms with Crippen LogP contribution in [0.4, 0.5) is 5.69 Å². The molecular formula is C21H24ClN3O5S. The van der Waals surface area contributed by atoms with Crippen molar-refractivity contribution in [2.24, 2.45) is 0 Å². The molecule has 0 saturated heterocycles. The fourth-order valence-corrected chi connectivity index (χ4v) is 4.00. The second-order valence-electron chi connectivity index (χ2n) is 7.10. The summed E-state index contributed by atoms with van der Waals surface area (Å²) < 4.78 is 36.6. The molecular weight excluding hydrogens is 442 g/mol. The molecule has 1 amide bonds. The number of hydrogen-bond acceptors (Lipinski definition) is 6. The first-order valence-electron chi connectivity index (χ1n) is 9.55. The van der Waals surface area contributed by atoms with Crippen LogP contribution in [0.15, 0.2) is 68.7 Å². The van der Waals surface area contributed by atoms with E-state index < -0.39 is 10.0 Å². The van der Waals surface area contributed by atoms with E-state index in [1.807, 2.05) is 29.2 Å². The normalized spacial score (nSPS) is 11.9. The van der Waals surface area contributed by atoms with Gasteiger partial charge in [0.25, 0.3) is 0 Å². The van der Waals surface area contributed by atoms with E-state index in [-0.39, 0.29) is 27.9 Å². The van der Waals surface area contributed by atoms with Gasteiger partial charge in [0.05, 0.1) is 41.2 Å². The van der Waals surface area contributed by atoms with Crippen molar-refractivity contribution in [3.63, 3.8) is 0 Å². The first kappa shape index (κ1) is 23.1. The molecule has 2 aromatic heterocycles. The number of sulfonamides is 1. The van der Waals surface area contributed by atoms with E-state index in [1.54, 1.807) is 12.5 Å². The summed E-state index contributed by atoms with van der Waals surface area (Å²) in [7, 11) is -0.763. The quantitative estimate of drug-likeness (QED) is 0.489. The highest BCUT2D eigenvalue weighted by Gasteiger charge is 2.19. The van der Waals surface area contributed by atoms with E-state index in [4.69, 9.17) is 20.4 Å². The van der Waals surface area contributed by atoms with Crippen molar-refractivity contribution in [1.82, 2.24) is 9.21 Å². The minimum absolute atomic E-state index is 0.0504. The summed E-state index contributed by atoms with van der Waals surface area (Å²) in [6, 6.07) is 11.6. The van der Waals surface area contributed by atoms with Crippen LogP contribution >= 0.6 is 11.6 Å². The number of rotatable bonds is 10. The van der Waals surface area contributed by atoms with Gasteiger partial charge in [0, 0.05) is 27.1 Å². The van der Waals surface area contributed by atoms with E-state index in [0.29, 0.717) is 19.6 Å². The van der Waals surface area contributed by atoms with Crippen LogP contribution in [0.2, 0.25) is 5.02 Å². The summed E-state index contributed by atoms with van der Waals surface area (Å²) in [4.78, 5) is 14.6. The van der Waals surface area contributed by atoms with Gasteiger partial charge in [0.2, 0.25) is 15.9 Å². The van der Waals surface area contributed by atoms with Gasteiger partial charge in [-0.15, -0.1) is 0 Å². The van der Waals surface area contributed by atoms with Crippen LogP contribution < -0.4 is 5.32 Å². The Morgan fingerprint density at radius 2 is 1.65 bits per heavy atom. The third-order valence-corrected chi connectivity index (χ3v) is 6.71. The highest BCUT2D eigenvalue weighted by Crippen LogP contribution is 2.26. The molecule has 1 N–H and O–H groups in total. The van der Waals surface area contributed by atoms with Crippen LogP contribution in [-0.2, 0) is 27.9 Å². The van der Waals surface area contributed by atoms with Crippen LogP contribution in [0.3, 0.4) is 0 Å². The Balaban J connectivity index is 1.66. The molecule has 0 radical (unpaired) electrons. The Bertz CT molecular complexity index is 1060. The summed E-state index contributed by atoms with van der Waals surface area (Å²) in [5, 5.41) is 2.97. The second kappa shape index (κ2) is 10.1. The Morgan fingerprint density at radius 1 is 1.03 bits per heavy atom. The van der Waals surface area contributed by atoms with Gasteiger partial charge in [0.1, 0.15) is 11.5 Å². The Labute approximate surface area is 186 Å². The average molecular weight is 466 g/mol. The summed E-state index contributed by atoms with van der Waals surface area (Å²) in [5.74, 6) is 1.26. The predicted molar refractivity (Wildman–Crippen MR) is 117 cm³/mol. The number of nitrogens with zero attached hydrogens (tertiary/aromatic N) is 2. The number of hydrogen-bond donors (Lipinski definition) is 1. The molecule has 0 aliphatic heterocycles. The van der Waals surface area contributed by atoms with Crippen LogP contribution in [0.25, 0.3) is 0 Å². The van der Waals surface area contributed by atoms with E-state index in [9.17, 15) is 13.2 Å². The number of anilines is 1. The van der Waals surface area contributed by atoms with E-state index >= 15 is 0 Å². The molecule has 0 fully saturated rings. The largest absolute Gasteiger partial charge is 0.468 e. The Morgan fingerprint density at radius 3 is 2.16 bits per heavy atom. The third kappa shape index (κ3) is 6.20. The van der Waals surface area contributed by atoms with Crippen molar-refractivity contribution >= 4 is 33.2 Å². The van der Waals surface area contributed by atoms with Gasteiger partial charge in [-0.05, 0) is 42.5 Å². The van der Waals surface area contributed by atoms with E-state index in [1.165, 1.54) is 32.3 Å². The number of carbonyl (C=O) groups excluding carboxylic acids is 1. The van der Waals surface area contributed by atoms with Gasteiger partial charge in [-0.25, -0.2) is 12.7 Å². The maximum absolute atomic E-state index is 12.6. The molecule has 0 aliphatic carbocycles. The number of halogens is 1. The number of furan rings is 2. The SMILES string of the molecule is CN(C)S(=O)(=O)c1ccc(Cl)c(NC(=O)CCN(Cc2ccco2)Cc2ccco2)c1. The highest BCUT2D eigenvalue weighted by atomic mass is 35.5. The third-order valence-electron chi connectivity index (χ3n) is 4.56. The summed E-state index contributed by atoms with van der Waals surface area (Å²) in [6.45, 7) is 1.46. The van der Waals surface area contributed by atoms with Crippen molar-refractivity contribution in [3.05, 3.63) is 71.5 Å². The monoisotopic (exact) mass is 465 g/mol. The molecule has 8 nitrogen and oxygen atoms in total. The second-order valence-corrected chi connectivity index (χ2v) is 9.66. The minimum atomic E-state index is -3.64. The lowest BCUT2D eigenvalue weighted by molar-refractivity contribution is -0.116. The summed E-state index contributed by atoms with van der Waals surface area (Å²) in [5.41, 5.74) is 0.248. The van der Waals surface area contributed by atoms with Gasteiger partial charge in [0.15, 0.2) is 0 Å². The summed E-state index contributed by atoms with van der Waals surface area (Å²) in [6.07, 6.45) is 3.37. The van der Waals surface area contributed by atoms with Gasteiger partial charge in [-0.1, -0.05) is 11.6 Å². The van der Waals surface area contributed by atoms with Crippen LogP contribution in [0.5, 0.6) is 0 Å². The smallest absolute Gasteiger partial charge is 0.242 e. The topological polar surface area (TPSA) is 96.0 Å². The number of carbonyl (C=O) groups is 1. The first-order chi connectivity index (χ1) is 14.8. The molecule has 0 aliphatic rings. The first-order valence-corrected chi connectivity index (χ1v) is 11.4. The summed E-state index contributed by atoms with van der Waals surface area (Å²) >= 11 is 6.16. The molecule has 2 heterocycles.